The zero-order chi connectivity index (χ0) is 14.8. The van der Waals surface area contributed by atoms with Crippen LogP contribution in [-0.4, -0.2) is 33.5 Å². The first-order valence-electron chi connectivity index (χ1n) is 7.78. The van der Waals surface area contributed by atoms with Crippen molar-refractivity contribution in [3.8, 4) is 0 Å². The van der Waals surface area contributed by atoms with E-state index in [4.69, 9.17) is 4.84 Å². The van der Waals surface area contributed by atoms with Crippen LogP contribution in [0.4, 0.5) is 0 Å². The first kappa shape index (κ1) is 15.7. The molecule has 1 atom stereocenters. The van der Waals surface area contributed by atoms with Crippen molar-refractivity contribution in [1.29, 1.82) is 0 Å². The van der Waals surface area contributed by atoms with Gasteiger partial charge in [-0.2, -0.15) is 5.06 Å². The molecule has 0 aromatic heterocycles. The lowest BCUT2D eigenvalue weighted by atomic mass is 9.80. The van der Waals surface area contributed by atoms with Gasteiger partial charge in [0.05, 0.1) is 6.10 Å². The van der Waals surface area contributed by atoms with Crippen molar-refractivity contribution in [1.82, 2.24) is 5.06 Å². The molecule has 0 radical (unpaired) electrons. The molecule has 0 aromatic carbocycles. The largest absolute Gasteiger partial charge is 0.393 e. The Bertz CT molecular complexity index is 366. The molecule has 20 heavy (non-hydrogen) atoms. The van der Waals surface area contributed by atoms with Gasteiger partial charge in [-0.3, -0.25) is 4.84 Å². The highest BCUT2D eigenvalue weighted by Crippen LogP contribution is 2.39. The Hall–Kier alpha value is -0.640. The Labute approximate surface area is 123 Å². The molecule has 0 aromatic rings. The summed E-state index contributed by atoms with van der Waals surface area (Å²) in [5, 5.41) is 12.2. The van der Waals surface area contributed by atoms with Gasteiger partial charge in [-0.15, -0.1) is 0 Å². The van der Waals surface area contributed by atoms with Gasteiger partial charge in [0.25, 0.3) is 0 Å². The van der Waals surface area contributed by atoms with Crippen molar-refractivity contribution in [3.05, 3.63) is 24.3 Å². The molecule has 1 fully saturated rings. The highest BCUT2D eigenvalue weighted by Gasteiger charge is 2.46. The first-order valence-corrected chi connectivity index (χ1v) is 7.78. The summed E-state index contributed by atoms with van der Waals surface area (Å²) in [4.78, 5) is 6.33. The fourth-order valence-corrected chi connectivity index (χ4v) is 3.58. The van der Waals surface area contributed by atoms with Gasteiger partial charge in [-0.25, -0.2) is 0 Å². The van der Waals surface area contributed by atoms with Crippen molar-refractivity contribution < 1.29 is 9.94 Å². The van der Waals surface area contributed by atoms with E-state index in [2.05, 4.69) is 57.1 Å². The van der Waals surface area contributed by atoms with Gasteiger partial charge in [-0.05, 0) is 59.8 Å². The van der Waals surface area contributed by atoms with E-state index in [0.29, 0.717) is 0 Å². The molecule has 3 heteroatoms. The van der Waals surface area contributed by atoms with Crippen LogP contribution in [0.2, 0.25) is 0 Å². The van der Waals surface area contributed by atoms with E-state index in [0.717, 1.165) is 32.1 Å². The molecule has 1 unspecified atom stereocenters. The minimum atomic E-state index is -0.243. The molecular formula is C17H29NO2. The van der Waals surface area contributed by atoms with Gasteiger partial charge in [0.1, 0.15) is 6.10 Å². The maximum absolute atomic E-state index is 10.1. The molecule has 1 heterocycles. The van der Waals surface area contributed by atoms with Crippen LogP contribution >= 0.6 is 0 Å². The average molecular weight is 279 g/mol. The third-order valence-corrected chi connectivity index (χ3v) is 4.20. The van der Waals surface area contributed by atoms with Crippen molar-refractivity contribution in [3.63, 3.8) is 0 Å². The fourth-order valence-electron chi connectivity index (χ4n) is 3.58. The number of allylic oxidation sites excluding steroid dienone is 2. The molecular weight excluding hydrogens is 250 g/mol. The third-order valence-electron chi connectivity index (χ3n) is 4.20. The molecule has 0 saturated carbocycles. The summed E-state index contributed by atoms with van der Waals surface area (Å²) >= 11 is 0. The van der Waals surface area contributed by atoms with Crippen LogP contribution in [0.25, 0.3) is 0 Å². The molecule has 1 aliphatic heterocycles. The van der Waals surface area contributed by atoms with Gasteiger partial charge < -0.3 is 5.11 Å². The van der Waals surface area contributed by atoms with Crippen molar-refractivity contribution in [2.24, 2.45) is 0 Å². The topological polar surface area (TPSA) is 32.7 Å². The number of hydrogen-bond acceptors (Lipinski definition) is 3. The van der Waals surface area contributed by atoms with Crippen molar-refractivity contribution in [2.45, 2.75) is 83.1 Å². The third kappa shape index (κ3) is 3.72. The molecule has 0 amide bonds. The lowest BCUT2D eigenvalue weighted by Gasteiger charge is -2.53. The van der Waals surface area contributed by atoms with E-state index in [1.807, 2.05) is 0 Å². The smallest absolute Gasteiger partial charge is 0.101 e. The number of hydrogen-bond donors (Lipinski definition) is 1. The number of aliphatic hydroxyl groups is 1. The summed E-state index contributed by atoms with van der Waals surface area (Å²) in [6.45, 7) is 8.61. The number of nitrogens with zero attached hydrogens (tertiary/aromatic N) is 1. The minimum Gasteiger partial charge on any atom is -0.393 e. The minimum absolute atomic E-state index is 0.0975. The lowest BCUT2D eigenvalue weighted by Crippen LogP contribution is -2.62. The summed E-state index contributed by atoms with van der Waals surface area (Å²) in [6, 6.07) is 0. The maximum atomic E-state index is 10.1. The Morgan fingerprint density at radius 3 is 2.25 bits per heavy atom. The first-order chi connectivity index (χ1) is 9.31. The maximum Gasteiger partial charge on any atom is 0.101 e. The van der Waals surface area contributed by atoms with Crippen LogP contribution in [0.3, 0.4) is 0 Å². The van der Waals surface area contributed by atoms with Crippen LogP contribution in [0.1, 0.15) is 59.8 Å². The summed E-state index contributed by atoms with van der Waals surface area (Å²) in [6.07, 6.45) is 13.3. The molecule has 0 spiro atoms. The summed E-state index contributed by atoms with van der Waals surface area (Å²) in [5.74, 6) is 0. The summed E-state index contributed by atoms with van der Waals surface area (Å²) < 4.78 is 0. The zero-order valence-corrected chi connectivity index (χ0v) is 13.3. The van der Waals surface area contributed by atoms with Crippen molar-refractivity contribution >= 4 is 0 Å². The highest BCUT2D eigenvalue weighted by atomic mass is 16.7. The Kier molecular flexibility index (Phi) is 4.73. The van der Waals surface area contributed by atoms with Crippen LogP contribution in [0.5, 0.6) is 0 Å². The van der Waals surface area contributed by atoms with E-state index in [1.54, 1.807) is 0 Å². The predicted molar refractivity (Wildman–Crippen MR) is 82.2 cm³/mol. The quantitative estimate of drug-likeness (QED) is 0.784. The van der Waals surface area contributed by atoms with Crippen LogP contribution < -0.4 is 0 Å². The number of hydroxylamine groups is 2. The second-order valence-electron chi connectivity index (χ2n) is 7.34. The highest BCUT2D eigenvalue weighted by molar-refractivity contribution is 5.01. The van der Waals surface area contributed by atoms with Gasteiger partial charge in [0, 0.05) is 11.1 Å². The van der Waals surface area contributed by atoms with Gasteiger partial charge in [0.15, 0.2) is 0 Å². The molecule has 0 bridgehead atoms. The second kappa shape index (κ2) is 6.00. The Morgan fingerprint density at radius 2 is 1.60 bits per heavy atom. The van der Waals surface area contributed by atoms with E-state index < -0.39 is 0 Å². The lowest BCUT2D eigenvalue weighted by molar-refractivity contribution is -0.305. The van der Waals surface area contributed by atoms with Crippen molar-refractivity contribution in [2.75, 3.05) is 0 Å². The normalized spacial score (nSPS) is 30.9. The number of rotatable bonds is 2. The molecule has 2 aliphatic rings. The van der Waals surface area contributed by atoms with E-state index in [1.165, 1.54) is 0 Å². The standard InChI is InChI=1S/C17H29NO2/c1-16(2)12-14(19)13-17(3,4)18(16)20-15-10-8-6-5-7-9-11-15/h6,8-9,11,14-15,19H,5,7,10,12-13H2,1-4H3. The molecule has 3 nitrogen and oxygen atoms in total. The van der Waals surface area contributed by atoms with E-state index in [-0.39, 0.29) is 23.3 Å². The zero-order valence-electron chi connectivity index (χ0n) is 13.3. The number of piperidine rings is 1. The Morgan fingerprint density at radius 1 is 1.00 bits per heavy atom. The average Bonchev–Trinajstić information content (AvgIpc) is 2.23. The second-order valence-corrected chi connectivity index (χ2v) is 7.34. The van der Waals surface area contributed by atoms with E-state index >= 15 is 0 Å². The molecule has 114 valence electrons. The summed E-state index contributed by atoms with van der Waals surface area (Å²) in [5.41, 5.74) is -0.303. The van der Waals surface area contributed by atoms with E-state index in [9.17, 15) is 5.11 Å². The van der Waals surface area contributed by atoms with Crippen LogP contribution in [0, 0.1) is 0 Å². The predicted octanol–water partition coefficient (Wildman–Crippen LogP) is 3.60. The SMILES string of the molecule is CC1(C)CC(O)CC(C)(C)N1OC1C=CCCC=CC1. The Balaban J connectivity index is 2.12. The van der Waals surface area contributed by atoms with Crippen LogP contribution in [-0.2, 0) is 4.84 Å². The van der Waals surface area contributed by atoms with Gasteiger partial charge >= 0.3 is 0 Å². The van der Waals surface area contributed by atoms with Gasteiger partial charge in [0.2, 0.25) is 0 Å². The van der Waals surface area contributed by atoms with Crippen LogP contribution in [0.15, 0.2) is 24.3 Å². The summed E-state index contributed by atoms with van der Waals surface area (Å²) in [7, 11) is 0. The molecule has 1 aliphatic carbocycles. The number of aliphatic hydroxyl groups excluding tert-OH is 1. The molecule has 1 N–H and O–H groups in total. The fraction of sp³-hybridized carbons (Fsp3) is 0.765. The molecule has 2 rings (SSSR count). The molecule has 1 saturated heterocycles. The van der Waals surface area contributed by atoms with Gasteiger partial charge in [-0.1, -0.05) is 24.3 Å². The monoisotopic (exact) mass is 279 g/mol.